The molecule has 5 heteroatoms. The minimum atomic E-state index is 0.442. The first-order chi connectivity index (χ1) is 9.24. The Labute approximate surface area is 121 Å². The van der Waals surface area contributed by atoms with E-state index in [1.807, 2.05) is 13.0 Å². The third kappa shape index (κ3) is 3.56. The first-order valence-electron chi connectivity index (χ1n) is 6.51. The molecule has 0 radical (unpaired) electrons. The predicted molar refractivity (Wildman–Crippen MR) is 78.4 cm³/mol. The molecule has 0 spiro atoms. The van der Waals surface area contributed by atoms with Gasteiger partial charge >= 0.3 is 0 Å². The van der Waals surface area contributed by atoms with Crippen molar-refractivity contribution in [3.05, 3.63) is 40.1 Å². The van der Waals surface area contributed by atoms with Crippen LogP contribution >= 0.6 is 15.9 Å². The maximum absolute atomic E-state index is 5.54. The predicted octanol–water partition coefficient (Wildman–Crippen LogP) is 3.70. The molecule has 2 rings (SSSR count). The topological polar surface area (TPSA) is 50.8 Å². The van der Waals surface area contributed by atoms with E-state index < -0.39 is 0 Å². The van der Waals surface area contributed by atoms with E-state index in [-0.39, 0.29) is 0 Å². The van der Waals surface area contributed by atoms with Crippen LogP contribution in [0.25, 0.3) is 0 Å². The standard InChI is InChI=1S/C14H18BrN3O/c1-3-10(7-12-9-16-18-17-12)11-5-6-14(19-4-2)13(15)8-11/h5-6,8-10H,3-4,7H2,1-2H3,(H,16,17,18). The zero-order valence-corrected chi connectivity index (χ0v) is 12.8. The number of benzene rings is 1. The zero-order chi connectivity index (χ0) is 13.7. The van der Waals surface area contributed by atoms with Gasteiger partial charge in [0.05, 0.1) is 23.0 Å². The van der Waals surface area contributed by atoms with Crippen LogP contribution in [0.3, 0.4) is 0 Å². The maximum Gasteiger partial charge on any atom is 0.133 e. The van der Waals surface area contributed by atoms with E-state index in [2.05, 4.69) is 50.4 Å². The molecular weight excluding hydrogens is 306 g/mol. The largest absolute Gasteiger partial charge is 0.493 e. The molecule has 1 heterocycles. The summed E-state index contributed by atoms with van der Waals surface area (Å²) >= 11 is 3.56. The zero-order valence-electron chi connectivity index (χ0n) is 11.2. The van der Waals surface area contributed by atoms with Gasteiger partial charge in [-0.15, -0.1) is 0 Å². The fraction of sp³-hybridized carbons (Fsp3) is 0.429. The minimum Gasteiger partial charge on any atom is -0.493 e. The van der Waals surface area contributed by atoms with Crippen molar-refractivity contribution >= 4 is 15.9 Å². The SMILES string of the molecule is CCOc1ccc(C(CC)Cc2cn[nH]n2)cc1Br. The van der Waals surface area contributed by atoms with Crippen molar-refractivity contribution in [2.45, 2.75) is 32.6 Å². The molecule has 1 N–H and O–H groups in total. The molecule has 102 valence electrons. The molecule has 1 atom stereocenters. The van der Waals surface area contributed by atoms with E-state index in [4.69, 9.17) is 4.74 Å². The van der Waals surface area contributed by atoms with Gasteiger partial charge in [0.15, 0.2) is 0 Å². The molecule has 19 heavy (non-hydrogen) atoms. The van der Waals surface area contributed by atoms with Gasteiger partial charge in [0, 0.05) is 0 Å². The number of ether oxygens (including phenoxy) is 1. The van der Waals surface area contributed by atoms with E-state index in [1.54, 1.807) is 6.20 Å². The molecule has 0 saturated heterocycles. The summed E-state index contributed by atoms with van der Waals surface area (Å²) in [5.41, 5.74) is 2.29. The number of nitrogens with zero attached hydrogens (tertiary/aromatic N) is 2. The lowest BCUT2D eigenvalue weighted by atomic mass is 9.92. The molecule has 0 bridgehead atoms. The van der Waals surface area contributed by atoms with Crippen molar-refractivity contribution in [1.29, 1.82) is 0 Å². The monoisotopic (exact) mass is 323 g/mol. The lowest BCUT2D eigenvalue weighted by molar-refractivity contribution is 0.338. The Balaban J connectivity index is 2.16. The number of aromatic nitrogens is 3. The Morgan fingerprint density at radius 3 is 2.79 bits per heavy atom. The van der Waals surface area contributed by atoms with E-state index >= 15 is 0 Å². The van der Waals surface area contributed by atoms with Gasteiger partial charge in [-0.3, -0.25) is 0 Å². The summed E-state index contributed by atoms with van der Waals surface area (Å²) in [4.78, 5) is 0. The first-order valence-corrected chi connectivity index (χ1v) is 7.30. The normalized spacial score (nSPS) is 12.4. The summed E-state index contributed by atoms with van der Waals surface area (Å²) in [6.07, 6.45) is 3.74. The summed E-state index contributed by atoms with van der Waals surface area (Å²) in [6.45, 7) is 4.85. The first kappa shape index (κ1) is 14.1. The fourth-order valence-corrected chi connectivity index (χ4v) is 2.63. The summed E-state index contributed by atoms with van der Waals surface area (Å²) < 4.78 is 6.54. The second-order valence-corrected chi connectivity index (χ2v) is 5.25. The maximum atomic E-state index is 5.54. The van der Waals surface area contributed by atoms with Gasteiger partial charge in [-0.1, -0.05) is 13.0 Å². The lowest BCUT2D eigenvalue weighted by Crippen LogP contribution is -2.03. The van der Waals surface area contributed by atoms with Gasteiger partial charge in [-0.05, 0) is 59.3 Å². The summed E-state index contributed by atoms with van der Waals surface area (Å²) in [5, 5.41) is 10.6. The smallest absolute Gasteiger partial charge is 0.133 e. The number of H-pyrrole nitrogens is 1. The molecule has 0 saturated carbocycles. The molecule has 0 aliphatic carbocycles. The highest BCUT2D eigenvalue weighted by molar-refractivity contribution is 9.10. The van der Waals surface area contributed by atoms with Gasteiger partial charge < -0.3 is 4.74 Å². The van der Waals surface area contributed by atoms with Crippen LogP contribution in [0.4, 0.5) is 0 Å². The van der Waals surface area contributed by atoms with E-state index in [0.717, 1.165) is 28.8 Å². The second-order valence-electron chi connectivity index (χ2n) is 4.39. The molecule has 1 aromatic heterocycles. The van der Waals surface area contributed by atoms with Crippen LogP contribution in [-0.2, 0) is 6.42 Å². The van der Waals surface area contributed by atoms with Crippen LogP contribution < -0.4 is 4.74 Å². The summed E-state index contributed by atoms with van der Waals surface area (Å²) in [7, 11) is 0. The van der Waals surface area contributed by atoms with Crippen LogP contribution in [-0.4, -0.2) is 22.0 Å². The van der Waals surface area contributed by atoms with Crippen molar-refractivity contribution in [3.63, 3.8) is 0 Å². The highest BCUT2D eigenvalue weighted by atomic mass is 79.9. The van der Waals surface area contributed by atoms with E-state index in [1.165, 1.54) is 5.56 Å². The Morgan fingerprint density at radius 1 is 1.37 bits per heavy atom. The Hall–Kier alpha value is -1.36. The number of rotatable bonds is 6. The van der Waals surface area contributed by atoms with Crippen LogP contribution in [0.15, 0.2) is 28.9 Å². The number of nitrogens with one attached hydrogen (secondary N) is 1. The van der Waals surface area contributed by atoms with Gasteiger partial charge in [-0.25, -0.2) is 0 Å². The number of hydrogen-bond acceptors (Lipinski definition) is 3. The molecule has 0 aliphatic heterocycles. The van der Waals surface area contributed by atoms with E-state index in [9.17, 15) is 0 Å². The summed E-state index contributed by atoms with van der Waals surface area (Å²) in [6, 6.07) is 6.29. The van der Waals surface area contributed by atoms with Crippen molar-refractivity contribution in [2.75, 3.05) is 6.61 Å². The molecule has 4 nitrogen and oxygen atoms in total. The molecule has 0 aliphatic rings. The summed E-state index contributed by atoms with van der Waals surface area (Å²) in [5.74, 6) is 1.33. The van der Waals surface area contributed by atoms with Gasteiger partial charge in [0.1, 0.15) is 5.75 Å². The lowest BCUT2D eigenvalue weighted by Gasteiger charge is -2.15. The fourth-order valence-electron chi connectivity index (χ4n) is 2.12. The van der Waals surface area contributed by atoms with Crippen LogP contribution in [0.2, 0.25) is 0 Å². The average molecular weight is 324 g/mol. The molecule has 0 fully saturated rings. The number of halogens is 1. The van der Waals surface area contributed by atoms with Gasteiger partial charge in [0.25, 0.3) is 0 Å². The highest BCUT2D eigenvalue weighted by Gasteiger charge is 2.13. The van der Waals surface area contributed by atoms with Crippen molar-refractivity contribution in [3.8, 4) is 5.75 Å². The Morgan fingerprint density at radius 2 is 2.21 bits per heavy atom. The average Bonchev–Trinajstić information content (AvgIpc) is 2.91. The highest BCUT2D eigenvalue weighted by Crippen LogP contribution is 2.31. The molecule has 2 aromatic rings. The number of hydrogen-bond donors (Lipinski definition) is 1. The van der Waals surface area contributed by atoms with Crippen molar-refractivity contribution in [1.82, 2.24) is 15.4 Å². The van der Waals surface area contributed by atoms with Crippen LogP contribution in [0.1, 0.15) is 37.4 Å². The van der Waals surface area contributed by atoms with Gasteiger partial charge in [-0.2, -0.15) is 15.4 Å². The van der Waals surface area contributed by atoms with Crippen LogP contribution in [0.5, 0.6) is 5.75 Å². The Bertz CT molecular complexity index is 513. The third-order valence-corrected chi connectivity index (χ3v) is 3.76. The quantitative estimate of drug-likeness (QED) is 0.881. The second kappa shape index (κ2) is 6.70. The van der Waals surface area contributed by atoms with Crippen LogP contribution in [0, 0.1) is 0 Å². The molecule has 1 unspecified atom stereocenters. The van der Waals surface area contributed by atoms with Crippen molar-refractivity contribution < 1.29 is 4.74 Å². The number of aromatic amines is 1. The van der Waals surface area contributed by atoms with E-state index in [0.29, 0.717) is 12.5 Å². The Kier molecular flexibility index (Phi) is 4.96. The van der Waals surface area contributed by atoms with Gasteiger partial charge in [0.2, 0.25) is 0 Å². The molecule has 1 aromatic carbocycles. The molecular formula is C14H18BrN3O. The minimum absolute atomic E-state index is 0.442. The third-order valence-electron chi connectivity index (χ3n) is 3.14. The molecule has 0 amide bonds. The van der Waals surface area contributed by atoms with Crippen molar-refractivity contribution in [2.24, 2.45) is 0 Å².